The standard InChI is InChI=1S/C16H29NO7/c1-5-22-10-11-23-9-8-13(18)17-12(6-7-14(19)20)15(21)24-16(2,3)4/h12H,5-11H2,1-4H3,(H,17,18)(H,19,20). The summed E-state index contributed by atoms with van der Waals surface area (Å²) in [5, 5.41) is 11.3. The number of nitrogens with one attached hydrogen (secondary N) is 1. The molecule has 0 aromatic carbocycles. The maximum atomic E-state index is 12.1. The van der Waals surface area contributed by atoms with Crippen LogP contribution >= 0.6 is 0 Å². The summed E-state index contributed by atoms with van der Waals surface area (Å²) in [6.07, 6.45) is -0.200. The summed E-state index contributed by atoms with van der Waals surface area (Å²) in [7, 11) is 0. The zero-order valence-corrected chi connectivity index (χ0v) is 14.9. The highest BCUT2D eigenvalue weighted by molar-refractivity contribution is 5.85. The van der Waals surface area contributed by atoms with Crippen molar-refractivity contribution in [1.82, 2.24) is 5.32 Å². The van der Waals surface area contributed by atoms with Crippen molar-refractivity contribution in [3.05, 3.63) is 0 Å². The van der Waals surface area contributed by atoms with Crippen molar-refractivity contribution in [2.24, 2.45) is 0 Å². The molecule has 0 spiro atoms. The molecule has 0 rings (SSSR count). The van der Waals surface area contributed by atoms with Crippen molar-refractivity contribution >= 4 is 17.8 Å². The van der Waals surface area contributed by atoms with Gasteiger partial charge in [0.05, 0.1) is 19.8 Å². The first-order valence-corrected chi connectivity index (χ1v) is 8.05. The SMILES string of the molecule is CCOCCOCCC(=O)NC(CCC(=O)O)C(=O)OC(C)(C)C. The highest BCUT2D eigenvalue weighted by atomic mass is 16.6. The van der Waals surface area contributed by atoms with Gasteiger partial charge in [0.1, 0.15) is 11.6 Å². The number of amides is 1. The lowest BCUT2D eigenvalue weighted by atomic mass is 10.1. The van der Waals surface area contributed by atoms with E-state index >= 15 is 0 Å². The summed E-state index contributed by atoms with van der Waals surface area (Å²) in [6.45, 7) is 8.62. The van der Waals surface area contributed by atoms with Gasteiger partial charge in [-0.2, -0.15) is 0 Å². The van der Waals surface area contributed by atoms with Gasteiger partial charge in [0, 0.05) is 19.4 Å². The lowest BCUT2D eigenvalue weighted by molar-refractivity contribution is -0.159. The van der Waals surface area contributed by atoms with Crippen molar-refractivity contribution in [1.29, 1.82) is 0 Å². The number of hydrogen-bond acceptors (Lipinski definition) is 6. The van der Waals surface area contributed by atoms with E-state index < -0.39 is 29.5 Å². The van der Waals surface area contributed by atoms with Crippen LogP contribution in [0.25, 0.3) is 0 Å². The summed E-state index contributed by atoms with van der Waals surface area (Å²) in [5.74, 6) is -2.08. The number of rotatable bonds is 12. The van der Waals surface area contributed by atoms with Crippen LogP contribution in [-0.4, -0.2) is 61.0 Å². The summed E-state index contributed by atoms with van der Waals surface area (Å²) in [5.41, 5.74) is -0.717. The Kier molecular flexibility index (Phi) is 11.0. The van der Waals surface area contributed by atoms with Crippen LogP contribution in [-0.2, 0) is 28.6 Å². The van der Waals surface area contributed by atoms with Gasteiger partial charge in [-0.15, -0.1) is 0 Å². The maximum absolute atomic E-state index is 12.1. The second kappa shape index (κ2) is 11.8. The van der Waals surface area contributed by atoms with Crippen molar-refractivity contribution in [2.45, 2.75) is 58.6 Å². The number of carboxylic acid groups (broad SMARTS) is 1. The van der Waals surface area contributed by atoms with Gasteiger partial charge in [0.25, 0.3) is 0 Å². The Balaban J connectivity index is 4.34. The Morgan fingerprint density at radius 3 is 2.21 bits per heavy atom. The molecule has 0 aromatic heterocycles. The van der Waals surface area contributed by atoms with Crippen molar-refractivity contribution < 1.29 is 33.7 Å². The molecule has 0 aliphatic rings. The monoisotopic (exact) mass is 347 g/mol. The predicted molar refractivity (Wildman–Crippen MR) is 86.6 cm³/mol. The van der Waals surface area contributed by atoms with Gasteiger partial charge in [-0.05, 0) is 34.1 Å². The van der Waals surface area contributed by atoms with Crippen molar-refractivity contribution in [3.8, 4) is 0 Å². The molecule has 1 amide bonds. The molecule has 0 bridgehead atoms. The second-order valence-corrected chi connectivity index (χ2v) is 6.15. The van der Waals surface area contributed by atoms with E-state index in [0.29, 0.717) is 19.8 Å². The molecule has 0 radical (unpaired) electrons. The van der Waals surface area contributed by atoms with Gasteiger partial charge in [-0.3, -0.25) is 9.59 Å². The molecule has 1 atom stereocenters. The number of carboxylic acids is 1. The molecule has 8 heteroatoms. The molecule has 0 aromatic rings. The first-order valence-electron chi connectivity index (χ1n) is 8.05. The molecular weight excluding hydrogens is 318 g/mol. The number of carbonyl (C=O) groups excluding carboxylic acids is 2. The average molecular weight is 347 g/mol. The minimum Gasteiger partial charge on any atom is -0.481 e. The lowest BCUT2D eigenvalue weighted by Crippen LogP contribution is -2.44. The zero-order chi connectivity index (χ0) is 18.6. The Morgan fingerprint density at radius 1 is 1.04 bits per heavy atom. The Labute approximate surface area is 142 Å². The molecule has 2 N–H and O–H groups in total. The van der Waals surface area contributed by atoms with E-state index in [1.807, 2.05) is 6.92 Å². The van der Waals surface area contributed by atoms with Crippen LogP contribution in [0.5, 0.6) is 0 Å². The minimum absolute atomic E-state index is 0.0266. The second-order valence-electron chi connectivity index (χ2n) is 6.15. The zero-order valence-electron chi connectivity index (χ0n) is 14.9. The largest absolute Gasteiger partial charge is 0.481 e. The molecule has 140 valence electrons. The van der Waals surface area contributed by atoms with E-state index in [4.69, 9.17) is 19.3 Å². The Bertz CT molecular complexity index is 404. The van der Waals surface area contributed by atoms with Gasteiger partial charge < -0.3 is 24.6 Å². The van der Waals surface area contributed by atoms with Gasteiger partial charge in [0.15, 0.2) is 0 Å². The van der Waals surface area contributed by atoms with E-state index in [1.54, 1.807) is 20.8 Å². The predicted octanol–water partition coefficient (Wildman–Crippen LogP) is 1.12. The maximum Gasteiger partial charge on any atom is 0.329 e. The summed E-state index contributed by atoms with van der Waals surface area (Å²) in [4.78, 5) is 34.7. The smallest absolute Gasteiger partial charge is 0.329 e. The molecule has 1 unspecified atom stereocenters. The van der Waals surface area contributed by atoms with Gasteiger partial charge in [-0.1, -0.05) is 0 Å². The van der Waals surface area contributed by atoms with Crippen LogP contribution in [0, 0.1) is 0 Å². The van der Waals surface area contributed by atoms with E-state index in [1.165, 1.54) is 0 Å². The number of carbonyl (C=O) groups is 3. The van der Waals surface area contributed by atoms with Crippen LogP contribution < -0.4 is 5.32 Å². The van der Waals surface area contributed by atoms with Gasteiger partial charge in [-0.25, -0.2) is 4.79 Å². The molecule has 0 aliphatic heterocycles. The quantitative estimate of drug-likeness (QED) is 0.402. The van der Waals surface area contributed by atoms with E-state index in [-0.39, 0.29) is 25.9 Å². The topological polar surface area (TPSA) is 111 Å². The molecular formula is C16H29NO7. The van der Waals surface area contributed by atoms with Crippen LogP contribution in [0.3, 0.4) is 0 Å². The van der Waals surface area contributed by atoms with Crippen LogP contribution in [0.15, 0.2) is 0 Å². The summed E-state index contributed by atoms with van der Waals surface area (Å²) < 4.78 is 15.5. The first-order chi connectivity index (χ1) is 11.2. The number of aliphatic carboxylic acids is 1. The van der Waals surface area contributed by atoms with E-state index in [0.717, 1.165) is 0 Å². The third kappa shape index (κ3) is 12.8. The number of hydrogen-bond donors (Lipinski definition) is 2. The molecule has 0 saturated carbocycles. The normalized spacial score (nSPS) is 12.5. The van der Waals surface area contributed by atoms with Gasteiger partial charge in [0.2, 0.25) is 5.91 Å². The first kappa shape index (κ1) is 22.3. The fourth-order valence-electron chi connectivity index (χ4n) is 1.69. The van der Waals surface area contributed by atoms with E-state index in [2.05, 4.69) is 5.32 Å². The van der Waals surface area contributed by atoms with Crippen LogP contribution in [0.4, 0.5) is 0 Å². The molecule has 8 nitrogen and oxygen atoms in total. The summed E-state index contributed by atoms with van der Waals surface area (Å²) in [6, 6.07) is -0.990. The van der Waals surface area contributed by atoms with Crippen LogP contribution in [0.1, 0.15) is 47.0 Å². The number of ether oxygens (including phenoxy) is 3. The minimum atomic E-state index is -1.04. The van der Waals surface area contributed by atoms with Crippen LogP contribution in [0.2, 0.25) is 0 Å². The third-order valence-corrected chi connectivity index (χ3v) is 2.72. The molecule has 24 heavy (non-hydrogen) atoms. The molecule has 0 fully saturated rings. The highest BCUT2D eigenvalue weighted by Crippen LogP contribution is 2.11. The molecule has 0 heterocycles. The lowest BCUT2D eigenvalue weighted by Gasteiger charge is -2.24. The molecule has 0 aliphatic carbocycles. The Morgan fingerprint density at radius 2 is 1.67 bits per heavy atom. The molecule has 0 saturated heterocycles. The number of esters is 1. The van der Waals surface area contributed by atoms with Crippen molar-refractivity contribution in [2.75, 3.05) is 26.4 Å². The van der Waals surface area contributed by atoms with E-state index in [9.17, 15) is 14.4 Å². The third-order valence-electron chi connectivity index (χ3n) is 2.72. The van der Waals surface area contributed by atoms with Crippen molar-refractivity contribution in [3.63, 3.8) is 0 Å². The Hall–Kier alpha value is -1.67. The fourth-order valence-corrected chi connectivity index (χ4v) is 1.69. The average Bonchev–Trinajstić information content (AvgIpc) is 2.45. The van der Waals surface area contributed by atoms with Gasteiger partial charge >= 0.3 is 11.9 Å². The highest BCUT2D eigenvalue weighted by Gasteiger charge is 2.27. The summed E-state index contributed by atoms with van der Waals surface area (Å²) >= 11 is 0. The fraction of sp³-hybridized carbons (Fsp3) is 0.812.